The maximum Gasteiger partial charge on any atom is 0.307 e. The molecule has 0 fully saturated rings. The number of methoxy groups -OCH3 is 1. The van der Waals surface area contributed by atoms with Crippen molar-refractivity contribution in [3.63, 3.8) is 0 Å². The minimum Gasteiger partial charge on any atom is -0.463 e. The number of rotatable bonds is 41. The van der Waals surface area contributed by atoms with E-state index in [0.29, 0.717) is 105 Å². The van der Waals surface area contributed by atoms with Crippen molar-refractivity contribution in [1.29, 1.82) is 0 Å². The Hall–Kier alpha value is -2.03. The Kier molecular flexibility index (Phi) is 38.6. The van der Waals surface area contributed by atoms with Crippen molar-refractivity contribution in [3.8, 4) is 0 Å². The SMILES string of the molecule is COCCOC(=O)CCN(CCCN(C)C)CCC(=O)OCCOCCOCCOCCOC(=O)CCNCCCOCCOCCOCCCN. The third-order valence-electron chi connectivity index (χ3n) is 7.00. The number of carbonyl (C=O) groups is 3. The van der Waals surface area contributed by atoms with Gasteiger partial charge in [-0.15, -0.1) is 0 Å². The summed E-state index contributed by atoms with van der Waals surface area (Å²) in [6.45, 7) is 11.1. The summed E-state index contributed by atoms with van der Waals surface area (Å²) < 4.78 is 53.1. The molecule has 0 aromatic rings. The van der Waals surface area contributed by atoms with Crippen LogP contribution in [0.15, 0.2) is 0 Å². The van der Waals surface area contributed by atoms with Crippen molar-refractivity contribution < 1.29 is 61.8 Å². The summed E-state index contributed by atoms with van der Waals surface area (Å²) in [6, 6.07) is 0. The molecule has 17 nitrogen and oxygen atoms in total. The number of nitrogens with two attached hydrogens (primary N) is 1. The Bertz CT molecular complexity index is 815. The Labute approximate surface area is 311 Å². The fourth-order valence-electron chi connectivity index (χ4n) is 4.21. The molecule has 0 aliphatic rings. The average Bonchev–Trinajstić information content (AvgIpc) is 3.12. The molecule has 0 aromatic heterocycles. The quantitative estimate of drug-likeness (QED) is 0.0486. The maximum absolute atomic E-state index is 12.2. The van der Waals surface area contributed by atoms with Gasteiger partial charge in [-0.25, -0.2) is 0 Å². The van der Waals surface area contributed by atoms with E-state index in [1.807, 2.05) is 14.1 Å². The summed E-state index contributed by atoms with van der Waals surface area (Å²) in [4.78, 5) is 40.2. The summed E-state index contributed by atoms with van der Waals surface area (Å²) >= 11 is 0. The molecule has 0 rings (SSSR count). The van der Waals surface area contributed by atoms with Crippen LogP contribution in [-0.2, 0) is 61.8 Å². The highest BCUT2D eigenvalue weighted by Gasteiger charge is 2.13. The second-order valence-electron chi connectivity index (χ2n) is 11.8. The van der Waals surface area contributed by atoms with E-state index in [2.05, 4.69) is 15.1 Å². The van der Waals surface area contributed by atoms with Crippen LogP contribution in [0, 0.1) is 0 Å². The molecule has 0 saturated heterocycles. The van der Waals surface area contributed by atoms with Gasteiger partial charge in [-0.3, -0.25) is 14.4 Å². The minimum absolute atomic E-state index is 0.155. The standard InChI is InChI=1S/C35H70N4O13/c1-38(2)13-6-14-39(15-8-34(41)50-30-19-43-3)16-9-35(42)52-32-29-49-27-25-47-24-26-48-28-31-51-33(40)7-12-37-11-5-18-45-21-23-46-22-20-44-17-4-10-36/h37H,4-32,36H2,1-3H3. The summed E-state index contributed by atoms with van der Waals surface area (Å²) in [5, 5.41) is 3.20. The van der Waals surface area contributed by atoms with Gasteiger partial charge in [0, 0.05) is 40.0 Å². The van der Waals surface area contributed by atoms with E-state index in [1.54, 1.807) is 7.11 Å². The fraction of sp³-hybridized carbons (Fsp3) is 0.914. The molecule has 0 bridgehead atoms. The Morgan fingerprint density at radius 1 is 0.481 bits per heavy atom. The lowest BCUT2D eigenvalue weighted by molar-refractivity contribution is -0.146. The van der Waals surface area contributed by atoms with Crippen LogP contribution in [0.25, 0.3) is 0 Å². The van der Waals surface area contributed by atoms with Crippen LogP contribution in [0.3, 0.4) is 0 Å². The second-order valence-corrected chi connectivity index (χ2v) is 11.8. The van der Waals surface area contributed by atoms with E-state index >= 15 is 0 Å². The third kappa shape index (κ3) is 39.2. The number of hydrogen-bond acceptors (Lipinski definition) is 17. The predicted octanol–water partition coefficient (Wildman–Crippen LogP) is 0.115. The lowest BCUT2D eigenvalue weighted by atomic mass is 10.3. The molecule has 0 saturated carbocycles. The zero-order valence-corrected chi connectivity index (χ0v) is 32.3. The number of nitrogens with zero attached hydrogens (tertiary/aromatic N) is 2. The van der Waals surface area contributed by atoms with E-state index in [-0.39, 0.29) is 63.6 Å². The van der Waals surface area contributed by atoms with Crippen molar-refractivity contribution in [3.05, 3.63) is 0 Å². The van der Waals surface area contributed by atoms with E-state index < -0.39 is 0 Å². The number of nitrogens with one attached hydrogen (secondary N) is 1. The average molecular weight is 755 g/mol. The molecule has 0 amide bonds. The van der Waals surface area contributed by atoms with Gasteiger partial charge >= 0.3 is 17.9 Å². The van der Waals surface area contributed by atoms with Crippen LogP contribution in [0.5, 0.6) is 0 Å². The molecule has 0 spiro atoms. The first-order valence-corrected chi connectivity index (χ1v) is 18.6. The van der Waals surface area contributed by atoms with E-state index in [0.717, 1.165) is 38.9 Å². The number of esters is 3. The first-order valence-electron chi connectivity index (χ1n) is 18.6. The Morgan fingerprint density at radius 2 is 0.904 bits per heavy atom. The molecule has 0 atom stereocenters. The molecule has 308 valence electrons. The molecule has 0 aromatic carbocycles. The topological polar surface area (TPSA) is 188 Å². The summed E-state index contributed by atoms with van der Waals surface area (Å²) in [6.07, 6.45) is 3.38. The van der Waals surface area contributed by atoms with Crippen molar-refractivity contribution in [2.45, 2.75) is 38.5 Å². The van der Waals surface area contributed by atoms with Crippen molar-refractivity contribution >= 4 is 17.9 Å². The van der Waals surface area contributed by atoms with Crippen LogP contribution in [0.2, 0.25) is 0 Å². The zero-order valence-electron chi connectivity index (χ0n) is 32.3. The highest BCUT2D eigenvalue weighted by atomic mass is 16.6. The van der Waals surface area contributed by atoms with Crippen LogP contribution < -0.4 is 11.1 Å². The highest BCUT2D eigenvalue weighted by molar-refractivity contribution is 5.70. The number of hydrogen-bond donors (Lipinski definition) is 2. The van der Waals surface area contributed by atoms with Gasteiger partial charge in [-0.2, -0.15) is 0 Å². The largest absolute Gasteiger partial charge is 0.463 e. The Morgan fingerprint density at radius 3 is 1.37 bits per heavy atom. The molecule has 0 heterocycles. The van der Waals surface area contributed by atoms with Gasteiger partial charge in [0.1, 0.15) is 19.8 Å². The monoisotopic (exact) mass is 754 g/mol. The number of carbonyl (C=O) groups excluding carboxylic acids is 3. The summed E-state index contributed by atoms with van der Waals surface area (Å²) in [5.74, 6) is -0.873. The molecule has 0 unspecified atom stereocenters. The molecule has 0 radical (unpaired) electrons. The lowest BCUT2D eigenvalue weighted by Gasteiger charge is -2.22. The van der Waals surface area contributed by atoms with Gasteiger partial charge in [0.25, 0.3) is 0 Å². The van der Waals surface area contributed by atoms with Gasteiger partial charge < -0.3 is 68.2 Å². The van der Waals surface area contributed by atoms with Gasteiger partial charge in [-0.1, -0.05) is 0 Å². The minimum atomic E-state index is -0.313. The van der Waals surface area contributed by atoms with Gasteiger partial charge in [0.2, 0.25) is 0 Å². The van der Waals surface area contributed by atoms with E-state index in [4.69, 9.17) is 53.1 Å². The van der Waals surface area contributed by atoms with Crippen LogP contribution in [0.4, 0.5) is 0 Å². The first-order chi connectivity index (χ1) is 25.4. The fourth-order valence-corrected chi connectivity index (χ4v) is 4.21. The molecular formula is C35H70N4O13. The molecule has 0 aliphatic heterocycles. The summed E-state index contributed by atoms with van der Waals surface area (Å²) in [7, 11) is 5.57. The van der Waals surface area contributed by atoms with Gasteiger partial charge in [-0.05, 0) is 59.5 Å². The van der Waals surface area contributed by atoms with Crippen molar-refractivity contribution in [2.24, 2.45) is 5.73 Å². The molecule has 3 N–H and O–H groups in total. The van der Waals surface area contributed by atoms with Crippen molar-refractivity contribution in [1.82, 2.24) is 15.1 Å². The second kappa shape index (κ2) is 40.2. The van der Waals surface area contributed by atoms with Crippen molar-refractivity contribution in [2.75, 3.05) is 173 Å². The molecule has 17 heteroatoms. The maximum atomic E-state index is 12.2. The molecule has 52 heavy (non-hydrogen) atoms. The summed E-state index contributed by atoms with van der Waals surface area (Å²) in [5.41, 5.74) is 5.40. The molecule has 0 aliphatic carbocycles. The third-order valence-corrected chi connectivity index (χ3v) is 7.00. The number of ether oxygens (including phenoxy) is 10. The normalized spacial score (nSPS) is 11.4. The van der Waals surface area contributed by atoms with Crippen LogP contribution in [-0.4, -0.2) is 200 Å². The smallest absolute Gasteiger partial charge is 0.307 e. The Balaban J connectivity index is 3.57. The first kappa shape index (κ1) is 50.0. The van der Waals surface area contributed by atoms with Crippen LogP contribution >= 0.6 is 0 Å². The molecular weight excluding hydrogens is 684 g/mol. The van der Waals surface area contributed by atoms with E-state index in [1.165, 1.54) is 0 Å². The highest BCUT2D eigenvalue weighted by Crippen LogP contribution is 2.01. The van der Waals surface area contributed by atoms with Gasteiger partial charge in [0.05, 0.1) is 91.9 Å². The predicted molar refractivity (Wildman–Crippen MR) is 194 cm³/mol. The zero-order chi connectivity index (χ0) is 38.2. The van der Waals surface area contributed by atoms with Gasteiger partial charge in [0.15, 0.2) is 0 Å². The van der Waals surface area contributed by atoms with Crippen LogP contribution in [0.1, 0.15) is 38.5 Å². The lowest BCUT2D eigenvalue weighted by Crippen LogP contribution is -2.32. The van der Waals surface area contributed by atoms with E-state index in [9.17, 15) is 14.4 Å².